The van der Waals surface area contributed by atoms with E-state index in [1.165, 1.54) is 0 Å². The predicted molar refractivity (Wildman–Crippen MR) is 108 cm³/mol. The molecule has 3 heterocycles. The Labute approximate surface area is 155 Å². The summed E-state index contributed by atoms with van der Waals surface area (Å²) >= 11 is 0. The third kappa shape index (κ3) is 2.44. The summed E-state index contributed by atoms with van der Waals surface area (Å²) in [6.07, 6.45) is 5.57. The predicted octanol–water partition coefficient (Wildman–Crippen LogP) is 4.66. The van der Waals surface area contributed by atoms with Gasteiger partial charge in [-0.15, -0.1) is 0 Å². The maximum absolute atomic E-state index is 12.7. The van der Waals surface area contributed by atoms with Crippen molar-refractivity contribution in [3.63, 3.8) is 0 Å². The second-order valence-electron chi connectivity index (χ2n) is 6.48. The van der Waals surface area contributed by atoms with Crippen LogP contribution in [0.3, 0.4) is 0 Å². The minimum Gasteiger partial charge on any atom is -0.495 e. The number of carbonyl (C=O) groups is 1. The van der Waals surface area contributed by atoms with E-state index in [4.69, 9.17) is 4.74 Å². The molecule has 1 aliphatic heterocycles. The van der Waals surface area contributed by atoms with Gasteiger partial charge in [0, 0.05) is 29.2 Å². The summed E-state index contributed by atoms with van der Waals surface area (Å²) in [6, 6.07) is 16.1. The summed E-state index contributed by atoms with van der Waals surface area (Å²) in [4.78, 5) is 19.0. The van der Waals surface area contributed by atoms with Crippen LogP contribution in [0.2, 0.25) is 0 Å². The Kier molecular flexibility index (Phi) is 3.40. The summed E-state index contributed by atoms with van der Waals surface area (Å²) in [5.74, 6) is 0.590. The van der Waals surface area contributed by atoms with Crippen LogP contribution in [-0.4, -0.2) is 23.0 Å². The highest BCUT2D eigenvalue weighted by atomic mass is 16.5. The number of methoxy groups -OCH3 is 1. The van der Waals surface area contributed by atoms with Crippen molar-refractivity contribution in [2.24, 2.45) is 0 Å². The van der Waals surface area contributed by atoms with Gasteiger partial charge in [0.05, 0.1) is 18.4 Å². The Hall–Kier alpha value is -3.73. The lowest BCUT2D eigenvalue weighted by Crippen LogP contribution is -2.03. The maximum atomic E-state index is 12.7. The average molecular weight is 355 g/mol. The molecule has 0 spiro atoms. The summed E-state index contributed by atoms with van der Waals surface area (Å²) in [5.41, 5.74) is 6.30. The minimum absolute atomic E-state index is 0.114. The van der Waals surface area contributed by atoms with Gasteiger partial charge in [0.2, 0.25) is 0 Å². The molecule has 0 aliphatic carbocycles. The molecular weight excluding hydrogens is 338 g/mol. The molecule has 132 valence electrons. The number of ether oxygens (including phenoxy) is 1. The van der Waals surface area contributed by atoms with Gasteiger partial charge in [-0.3, -0.25) is 4.79 Å². The van der Waals surface area contributed by atoms with E-state index in [0.29, 0.717) is 11.3 Å². The molecule has 2 aromatic carbocycles. The number of H-pyrrole nitrogens is 2. The van der Waals surface area contributed by atoms with Gasteiger partial charge in [-0.1, -0.05) is 18.2 Å². The maximum Gasteiger partial charge on any atom is 0.256 e. The largest absolute Gasteiger partial charge is 0.495 e. The second-order valence-corrected chi connectivity index (χ2v) is 6.48. The number of aromatic amines is 2. The van der Waals surface area contributed by atoms with Gasteiger partial charge >= 0.3 is 0 Å². The van der Waals surface area contributed by atoms with Crippen LogP contribution in [0.5, 0.6) is 5.75 Å². The number of amides is 1. The van der Waals surface area contributed by atoms with Crippen molar-refractivity contribution in [2.75, 3.05) is 12.4 Å². The van der Waals surface area contributed by atoms with Crippen molar-refractivity contribution in [3.8, 4) is 16.9 Å². The third-order valence-electron chi connectivity index (χ3n) is 4.94. The van der Waals surface area contributed by atoms with E-state index in [-0.39, 0.29) is 5.91 Å². The first kappa shape index (κ1) is 15.5. The Morgan fingerprint density at radius 2 is 1.89 bits per heavy atom. The molecule has 3 N–H and O–H groups in total. The van der Waals surface area contributed by atoms with Gasteiger partial charge < -0.3 is 20.0 Å². The number of hydrogen-bond acceptors (Lipinski definition) is 2. The molecule has 0 saturated heterocycles. The number of hydrogen-bond donors (Lipinski definition) is 3. The number of anilines is 1. The molecule has 4 aromatic rings. The second kappa shape index (κ2) is 5.92. The zero-order valence-electron chi connectivity index (χ0n) is 14.7. The molecule has 27 heavy (non-hydrogen) atoms. The van der Waals surface area contributed by atoms with Crippen molar-refractivity contribution in [1.29, 1.82) is 0 Å². The SMILES string of the molecule is COc1cc[nH]c1/C=C1\C(=O)Nc2cccc(-c3ccc4[nH]ccc4c3)c21. The van der Waals surface area contributed by atoms with Gasteiger partial charge in [-0.2, -0.15) is 0 Å². The van der Waals surface area contributed by atoms with Crippen molar-refractivity contribution in [1.82, 2.24) is 9.97 Å². The molecule has 5 nitrogen and oxygen atoms in total. The normalized spacial score (nSPS) is 14.6. The van der Waals surface area contributed by atoms with Crippen LogP contribution in [0.25, 0.3) is 33.7 Å². The van der Waals surface area contributed by atoms with Crippen LogP contribution >= 0.6 is 0 Å². The molecule has 5 heteroatoms. The number of benzene rings is 2. The molecule has 1 aliphatic rings. The molecular formula is C22H17N3O2. The lowest BCUT2D eigenvalue weighted by molar-refractivity contribution is -0.110. The van der Waals surface area contributed by atoms with Gasteiger partial charge in [0.1, 0.15) is 5.75 Å². The van der Waals surface area contributed by atoms with Crippen molar-refractivity contribution in [3.05, 3.63) is 72.2 Å². The van der Waals surface area contributed by atoms with Crippen molar-refractivity contribution in [2.45, 2.75) is 0 Å². The number of nitrogens with one attached hydrogen (secondary N) is 3. The van der Waals surface area contributed by atoms with Gasteiger partial charge in [0.25, 0.3) is 5.91 Å². The highest BCUT2D eigenvalue weighted by molar-refractivity contribution is 6.36. The quantitative estimate of drug-likeness (QED) is 0.468. The van der Waals surface area contributed by atoms with Crippen molar-refractivity contribution >= 4 is 34.1 Å². The molecule has 5 rings (SSSR count). The first-order chi connectivity index (χ1) is 13.2. The van der Waals surface area contributed by atoms with Crippen LogP contribution < -0.4 is 10.1 Å². The van der Waals surface area contributed by atoms with E-state index in [0.717, 1.165) is 39.0 Å². The molecule has 1 amide bonds. The first-order valence-electron chi connectivity index (χ1n) is 8.70. The smallest absolute Gasteiger partial charge is 0.256 e. The minimum atomic E-state index is -0.114. The molecule has 0 radical (unpaired) electrons. The van der Waals surface area contributed by atoms with E-state index in [1.54, 1.807) is 13.3 Å². The summed E-state index contributed by atoms with van der Waals surface area (Å²) in [7, 11) is 1.62. The van der Waals surface area contributed by atoms with E-state index in [1.807, 2.05) is 42.6 Å². The van der Waals surface area contributed by atoms with Gasteiger partial charge in [-0.05, 0) is 52.9 Å². The zero-order valence-corrected chi connectivity index (χ0v) is 14.7. The number of fused-ring (bicyclic) bond motifs is 2. The van der Waals surface area contributed by atoms with Crippen LogP contribution in [0.15, 0.2) is 60.9 Å². The standard InChI is InChI=1S/C22H17N3O2/c1-27-20-8-10-24-19(20)12-16-21-15(3-2-4-18(21)25-22(16)26)13-5-6-17-14(11-13)7-9-23-17/h2-12,23-24H,1H3,(H,25,26)/b16-12-. The highest BCUT2D eigenvalue weighted by Crippen LogP contribution is 2.41. The number of rotatable bonds is 3. The van der Waals surface area contributed by atoms with E-state index >= 15 is 0 Å². The molecule has 0 saturated carbocycles. The van der Waals surface area contributed by atoms with Crippen LogP contribution in [0, 0.1) is 0 Å². The van der Waals surface area contributed by atoms with Crippen LogP contribution in [-0.2, 0) is 4.79 Å². The number of carbonyl (C=O) groups excluding carboxylic acids is 1. The summed E-state index contributed by atoms with van der Waals surface area (Å²) in [6.45, 7) is 0. The Morgan fingerprint density at radius 3 is 2.78 bits per heavy atom. The summed E-state index contributed by atoms with van der Waals surface area (Å²) in [5, 5.41) is 4.11. The fourth-order valence-corrected chi connectivity index (χ4v) is 3.65. The average Bonchev–Trinajstić information content (AvgIpc) is 3.40. The van der Waals surface area contributed by atoms with Crippen LogP contribution in [0.1, 0.15) is 11.3 Å². The van der Waals surface area contributed by atoms with E-state index < -0.39 is 0 Å². The van der Waals surface area contributed by atoms with Gasteiger partial charge in [-0.25, -0.2) is 0 Å². The highest BCUT2D eigenvalue weighted by Gasteiger charge is 2.27. The van der Waals surface area contributed by atoms with Gasteiger partial charge in [0.15, 0.2) is 0 Å². The third-order valence-corrected chi connectivity index (χ3v) is 4.94. The zero-order chi connectivity index (χ0) is 18.4. The molecule has 0 atom stereocenters. The topological polar surface area (TPSA) is 69.9 Å². The monoisotopic (exact) mass is 355 g/mol. The fourth-order valence-electron chi connectivity index (χ4n) is 3.65. The molecule has 0 unspecified atom stereocenters. The first-order valence-corrected chi connectivity index (χ1v) is 8.70. The lowest BCUT2D eigenvalue weighted by Gasteiger charge is -2.09. The Bertz CT molecular complexity index is 1210. The molecule has 0 fully saturated rings. The Morgan fingerprint density at radius 1 is 1.00 bits per heavy atom. The molecule has 2 aromatic heterocycles. The summed E-state index contributed by atoms with van der Waals surface area (Å²) < 4.78 is 5.36. The lowest BCUT2D eigenvalue weighted by atomic mass is 9.94. The van der Waals surface area contributed by atoms with E-state index in [2.05, 4.69) is 33.5 Å². The molecule has 0 bridgehead atoms. The Balaban J connectivity index is 1.71. The van der Waals surface area contributed by atoms with Crippen molar-refractivity contribution < 1.29 is 9.53 Å². The van der Waals surface area contributed by atoms with Crippen LogP contribution in [0.4, 0.5) is 5.69 Å². The number of aromatic nitrogens is 2. The van der Waals surface area contributed by atoms with E-state index in [9.17, 15) is 4.79 Å². The fraction of sp³-hybridized carbons (Fsp3) is 0.0455.